The third-order valence-corrected chi connectivity index (χ3v) is 6.81. The summed E-state index contributed by atoms with van der Waals surface area (Å²) >= 11 is 3.50. The molecule has 6 rings (SSSR count). The molecule has 7 nitrogen and oxygen atoms in total. The lowest BCUT2D eigenvalue weighted by molar-refractivity contribution is 0.0745. The van der Waals surface area contributed by atoms with E-state index in [0.717, 1.165) is 38.5 Å². The number of aromatic nitrogens is 3. The summed E-state index contributed by atoms with van der Waals surface area (Å²) in [4.78, 5) is 21.8. The molecule has 174 valence electrons. The Bertz CT molecular complexity index is 1470. The van der Waals surface area contributed by atoms with E-state index in [2.05, 4.69) is 39.0 Å². The van der Waals surface area contributed by atoms with Crippen molar-refractivity contribution in [2.75, 3.05) is 31.1 Å². The van der Waals surface area contributed by atoms with Crippen molar-refractivity contribution in [2.45, 2.75) is 0 Å². The van der Waals surface area contributed by atoms with Gasteiger partial charge >= 0.3 is 0 Å². The van der Waals surface area contributed by atoms with Crippen molar-refractivity contribution in [3.8, 4) is 22.5 Å². The van der Waals surface area contributed by atoms with Crippen LogP contribution in [0.5, 0.6) is 0 Å². The molecule has 2 aromatic carbocycles. The minimum Gasteiger partial charge on any atom is -0.472 e. The van der Waals surface area contributed by atoms with E-state index in [1.165, 1.54) is 12.5 Å². The van der Waals surface area contributed by atoms with Gasteiger partial charge in [0.2, 0.25) is 0 Å². The van der Waals surface area contributed by atoms with Gasteiger partial charge in [-0.05, 0) is 18.2 Å². The highest BCUT2D eigenvalue weighted by Gasteiger charge is 2.25. The SMILES string of the molecule is O=C(c1ccoc1)N1CCN(c2cc(-c3ccccc3)nc3cc(-c4ccc(Br)cc4)nn23)CC1. The van der Waals surface area contributed by atoms with Crippen molar-refractivity contribution in [3.63, 3.8) is 0 Å². The Morgan fingerprint density at radius 2 is 1.60 bits per heavy atom. The van der Waals surface area contributed by atoms with Crippen LogP contribution < -0.4 is 4.90 Å². The number of hydrogen-bond donors (Lipinski definition) is 0. The molecule has 5 aromatic rings. The molecule has 1 aliphatic rings. The standard InChI is InChI=1S/C27H22BrN5O2/c28-22-8-6-20(7-9-22)24-16-25-29-23(19-4-2-1-3-5-19)17-26(33(25)30-24)31-11-13-32(14-12-31)27(34)21-10-15-35-18-21/h1-10,15-18H,11-14H2. The Kier molecular flexibility index (Phi) is 5.58. The summed E-state index contributed by atoms with van der Waals surface area (Å²) < 4.78 is 8.03. The van der Waals surface area contributed by atoms with Crippen LogP contribution in [0.4, 0.5) is 5.82 Å². The number of carbonyl (C=O) groups excluding carboxylic acids is 1. The van der Waals surface area contributed by atoms with E-state index in [1.807, 2.05) is 57.9 Å². The van der Waals surface area contributed by atoms with E-state index in [9.17, 15) is 4.79 Å². The second-order valence-corrected chi connectivity index (χ2v) is 9.38. The maximum atomic E-state index is 12.8. The van der Waals surface area contributed by atoms with Crippen molar-refractivity contribution in [1.29, 1.82) is 0 Å². The van der Waals surface area contributed by atoms with Gasteiger partial charge in [-0.15, -0.1) is 0 Å². The average molecular weight is 528 g/mol. The first kappa shape index (κ1) is 21.6. The molecule has 3 aromatic heterocycles. The molecule has 0 saturated carbocycles. The highest BCUT2D eigenvalue weighted by Crippen LogP contribution is 2.29. The molecule has 35 heavy (non-hydrogen) atoms. The Morgan fingerprint density at radius 1 is 0.857 bits per heavy atom. The molecule has 0 aliphatic carbocycles. The molecule has 0 radical (unpaired) electrons. The third-order valence-electron chi connectivity index (χ3n) is 6.28. The minimum atomic E-state index is -0.000126. The van der Waals surface area contributed by atoms with Gasteiger partial charge in [-0.1, -0.05) is 58.4 Å². The normalized spacial score (nSPS) is 14.0. The third kappa shape index (κ3) is 4.21. The first-order chi connectivity index (χ1) is 17.2. The van der Waals surface area contributed by atoms with E-state index in [-0.39, 0.29) is 5.91 Å². The largest absolute Gasteiger partial charge is 0.472 e. The van der Waals surface area contributed by atoms with Crippen LogP contribution in [0, 0.1) is 0 Å². The van der Waals surface area contributed by atoms with Crippen LogP contribution in [0.3, 0.4) is 0 Å². The molecule has 0 spiro atoms. The van der Waals surface area contributed by atoms with Crippen LogP contribution in [0.2, 0.25) is 0 Å². The molecule has 4 heterocycles. The zero-order valence-electron chi connectivity index (χ0n) is 18.8. The number of benzene rings is 2. The first-order valence-electron chi connectivity index (χ1n) is 11.4. The Morgan fingerprint density at radius 3 is 2.31 bits per heavy atom. The number of halogens is 1. The van der Waals surface area contributed by atoms with Crippen molar-refractivity contribution in [3.05, 3.63) is 95.4 Å². The van der Waals surface area contributed by atoms with E-state index < -0.39 is 0 Å². The Hall–Kier alpha value is -3.91. The predicted octanol–water partition coefficient (Wildman–Crippen LogP) is 5.38. The molecule has 0 atom stereocenters. The van der Waals surface area contributed by atoms with Crippen LogP contribution in [-0.4, -0.2) is 51.6 Å². The molecule has 1 fully saturated rings. The predicted molar refractivity (Wildman–Crippen MR) is 138 cm³/mol. The number of rotatable bonds is 4. The summed E-state index contributed by atoms with van der Waals surface area (Å²) in [5.74, 6) is 0.965. The van der Waals surface area contributed by atoms with E-state index in [4.69, 9.17) is 14.5 Å². The minimum absolute atomic E-state index is 0.000126. The molecule has 0 bridgehead atoms. The Balaban J connectivity index is 1.37. The number of piperazine rings is 1. The molecular weight excluding hydrogens is 506 g/mol. The molecule has 8 heteroatoms. The molecule has 0 N–H and O–H groups in total. The second-order valence-electron chi connectivity index (χ2n) is 8.46. The van der Waals surface area contributed by atoms with Gasteiger partial charge in [-0.25, -0.2) is 4.98 Å². The number of fused-ring (bicyclic) bond motifs is 1. The highest BCUT2D eigenvalue weighted by atomic mass is 79.9. The zero-order valence-corrected chi connectivity index (χ0v) is 20.4. The number of carbonyl (C=O) groups is 1. The quantitative estimate of drug-likeness (QED) is 0.313. The average Bonchev–Trinajstić information content (AvgIpc) is 3.59. The van der Waals surface area contributed by atoms with Crippen LogP contribution in [0.25, 0.3) is 28.2 Å². The molecule has 1 saturated heterocycles. The van der Waals surface area contributed by atoms with Crippen molar-refractivity contribution >= 4 is 33.3 Å². The van der Waals surface area contributed by atoms with Gasteiger partial charge in [-0.3, -0.25) is 4.79 Å². The van der Waals surface area contributed by atoms with Crippen molar-refractivity contribution in [1.82, 2.24) is 19.5 Å². The van der Waals surface area contributed by atoms with Crippen LogP contribution in [0.1, 0.15) is 10.4 Å². The molecule has 1 amide bonds. The zero-order chi connectivity index (χ0) is 23.8. The highest BCUT2D eigenvalue weighted by molar-refractivity contribution is 9.10. The lowest BCUT2D eigenvalue weighted by Crippen LogP contribution is -2.49. The van der Waals surface area contributed by atoms with Crippen molar-refractivity contribution < 1.29 is 9.21 Å². The molecular formula is C27H22BrN5O2. The summed E-state index contributed by atoms with van der Waals surface area (Å²) in [5.41, 5.74) is 5.22. The number of furan rings is 1. The summed E-state index contributed by atoms with van der Waals surface area (Å²) in [7, 11) is 0. The number of nitrogens with zero attached hydrogens (tertiary/aromatic N) is 5. The van der Waals surface area contributed by atoms with Crippen LogP contribution >= 0.6 is 15.9 Å². The number of amides is 1. The van der Waals surface area contributed by atoms with Crippen LogP contribution in [0.15, 0.2) is 94.2 Å². The summed E-state index contributed by atoms with van der Waals surface area (Å²) in [6.45, 7) is 2.64. The summed E-state index contributed by atoms with van der Waals surface area (Å²) in [5, 5.41) is 4.92. The van der Waals surface area contributed by atoms with Crippen molar-refractivity contribution in [2.24, 2.45) is 0 Å². The first-order valence-corrected chi connectivity index (χ1v) is 12.2. The lowest BCUT2D eigenvalue weighted by atomic mass is 10.1. The van der Waals surface area contributed by atoms with Gasteiger partial charge in [0.25, 0.3) is 5.91 Å². The van der Waals surface area contributed by atoms with E-state index in [0.29, 0.717) is 31.7 Å². The topological polar surface area (TPSA) is 66.9 Å². The fraction of sp³-hybridized carbons (Fsp3) is 0.148. The fourth-order valence-electron chi connectivity index (χ4n) is 4.41. The van der Waals surface area contributed by atoms with Gasteiger partial charge in [-0.2, -0.15) is 9.61 Å². The molecule has 0 unspecified atom stereocenters. The van der Waals surface area contributed by atoms with Gasteiger partial charge in [0.15, 0.2) is 5.65 Å². The monoisotopic (exact) mass is 527 g/mol. The Labute approximate surface area is 210 Å². The maximum absolute atomic E-state index is 12.8. The lowest BCUT2D eigenvalue weighted by Gasteiger charge is -2.36. The second kappa shape index (κ2) is 9.03. The summed E-state index contributed by atoms with van der Waals surface area (Å²) in [6, 6.07) is 24.1. The number of hydrogen-bond acceptors (Lipinski definition) is 5. The fourth-order valence-corrected chi connectivity index (χ4v) is 4.67. The van der Waals surface area contributed by atoms with Gasteiger partial charge in [0.1, 0.15) is 12.1 Å². The number of anilines is 1. The summed E-state index contributed by atoms with van der Waals surface area (Å²) in [6.07, 6.45) is 3.03. The smallest absolute Gasteiger partial charge is 0.257 e. The van der Waals surface area contributed by atoms with E-state index in [1.54, 1.807) is 6.07 Å². The van der Waals surface area contributed by atoms with Gasteiger partial charge < -0.3 is 14.2 Å². The maximum Gasteiger partial charge on any atom is 0.257 e. The van der Waals surface area contributed by atoms with E-state index >= 15 is 0 Å². The van der Waals surface area contributed by atoms with Gasteiger partial charge in [0, 0.05) is 53.9 Å². The van der Waals surface area contributed by atoms with Gasteiger partial charge in [0.05, 0.1) is 23.2 Å². The van der Waals surface area contributed by atoms with Crippen LogP contribution in [-0.2, 0) is 0 Å². The molecule has 1 aliphatic heterocycles.